The molecule has 2 heterocycles. The molecule has 0 radical (unpaired) electrons. The minimum Gasteiger partial charge on any atom is -0.233 e. The average Bonchev–Trinajstić information content (AvgIpc) is 2.75. The van der Waals surface area contributed by atoms with Crippen molar-refractivity contribution >= 4 is 45.9 Å². The van der Waals surface area contributed by atoms with Gasteiger partial charge in [-0.25, -0.2) is 4.98 Å². The van der Waals surface area contributed by atoms with Crippen LogP contribution < -0.4 is 4.57 Å². The molecule has 0 aliphatic carbocycles. The van der Waals surface area contributed by atoms with Gasteiger partial charge >= 0.3 is 0 Å². The Morgan fingerprint density at radius 1 is 1.40 bits per heavy atom. The molecule has 0 aromatic carbocycles. The normalized spacial score (nSPS) is 10.9. The van der Waals surface area contributed by atoms with Crippen LogP contribution >= 0.6 is 45.9 Å². The number of aromatic nitrogens is 2. The highest BCUT2D eigenvalue weighted by atomic mass is 35.5. The van der Waals surface area contributed by atoms with E-state index in [4.69, 9.17) is 23.2 Å². The van der Waals surface area contributed by atoms with Crippen molar-refractivity contribution in [1.29, 1.82) is 0 Å². The highest BCUT2D eigenvalue weighted by Gasteiger charge is 2.14. The molecule has 2 rings (SSSR count). The van der Waals surface area contributed by atoms with Gasteiger partial charge in [-0.2, -0.15) is 4.57 Å². The summed E-state index contributed by atoms with van der Waals surface area (Å²) in [6.45, 7) is 2.91. The van der Waals surface area contributed by atoms with Gasteiger partial charge in [-0.15, -0.1) is 22.9 Å². The molecular formula is C9H9Cl2N2S2+. The first-order valence-electron chi connectivity index (χ1n) is 4.34. The van der Waals surface area contributed by atoms with Crippen molar-refractivity contribution in [3.63, 3.8) is 0 Å². The largest absolute Gasteiger partial charge is 0.234 e. The number of halogens is 2. The van der Waals surface area contributed by atoms with Crippen LogP contribution in [0.25, 0.3) is 0 Å². The zero-order valence-corrected chi connectivity index (χ0v) is 11.2. The average molecular weight is 280 g/mol. The lowest BCUT2D eigenvalue weighted by Crippen LogP contribution is -2.33. The van der Waals surface area contributed by atoms with Gasteiger partial charge < -0.3 is 0 Å². The van der Waals surface area contributed by atoms with Crippen molar-refractivity contribution in [2.24, 2.45) is 0 Å². The molecule has 0 saturated carbocycles. The second-order valence-corrected chi connectivity index (χ2v) is 6.34. The van der Waals surface area contributed by atoms with Crippen molar-refractivity contribution in [2.45, 2.75) is 19.3 Å². The maximum absolute atomic E-state index is 5.79. The van der Waals surface area contributed by atoms with Gasteiger partial charge in [-0.1, -0.05) is 22.9 Å². The van der Waals surface area contributed by atoms with Crippen LogP contribution in [0.4, 0.5) is 0 Å². The summed E-state index contributed by atoms with van der Waals surface area (Å²) in [7, 11) is 0. The number of hydrogen-bond acceptors (Lipinski definition) is 3. The molecular weight excluding hydrogens is 271 g/mol. The zero-order valence-electron chi connectivity index (χ0n) is 8.04. The fourth-order valence-electron chi connectivity index (χ4n) is 1.28. The third-order valence-electron chi connectivity index (χ3n) is 1.97. The Morgan fingerprint density at radius 2 is 2.20 bits per heavy atom. The van der Waals surface area contributed by atoms with Crippen LogP contribution in [0.5, 0.6) is 0 Å². The van der Waals surface area contributed by atoms with Crippen molar-refractivity contribution < 1.29 is 4.57 Å². The summed E-state index contributed by atoms with van der Waals surface area (Å²) in [5, 5.41) is 1.25. The number of nitrogens with zero attached hydrogens (tertiary/aromatic N) is 2. The Balaban J connectivity index is 2.20. The van der Waals surface area contributed by atoms with E-state index in [0.29, 0.717) is 10.3 Å². The predicted octanol–water partition coefficient (Wildman–Crippen LogP) is 3.24. The molecule has 2 aromatic heterocycles. The smallest absolute Gasteiger partial charge is 0.233 e. The molecule has 0 spiro atoms. The lowest BCUT2D eigenvalue weighted by molar-refractivity contribution is -0.688. The third-order valence-corrected chi connectivity index (χ3v) is 4.55. The number of hydrogen-bond donors (Lipinski definition) is 0. The van der Waals surface area contributed by atoms with Gasteiger partial charge in [0.2, 0.25) is 5.01 Å². The van der Waals surface area contributed by atoms with E-state index in [1.54, 1.807) is 11.3 Å². The van der Waals surface area contributed by atoms with E-state index in [-0.39, 0.29) is 0 Å². The Labute approximate surface area is 106 Å². The first kappa shape index (κ1) is 11.3. The molecule has 0 fully saturated rings. The van der Waals surface area contributed by atoms with E-state index in [9.17, 15) is 0 Å². The summed E-state index contributed by atoms with van der Waals surface area (Å²) in [5.74, 6) is 0.571. The molecule has 0 atom stereocenters. The third kappa shape index (κ3) is 2.69. The second kappa shape index (κ2) is 4.78. The highest BCUT2D eigenvalue weighted by molar-refractivity contribution is 7.15. The Bertz CT molecular complexity index is 464. The van der Waals surface area contributed by atoms with E-state index in [1.807, 2.05) is 6.20 Å². The molecule has 6 heteroatoms. The standard InChI is InChI=1S/C9H9Cl2N2S2/c1-6-13(4-7(2-10)14-6)5-8-3-12-9(11)15-8/h3-4H,2,5H2,1H3/q+1. The Hall–Kier alpha value is -0.160. The first-order valence-corrected chi connectivity index (χ1v) is 6.88. The van der Waals surface area contributed by atoms with Crippen molar-refractivity contribution in [2.75, 3.05) is 0 Å². The molecule has 0 bridgehead atoms. The van der Waals surface area contributed by atoms with Gasteiger partial charge in [-0.3, -0.25) is 0 Å². The summed E-state index contributed by atoms with van der Waals surface area (Å²) in [6, 6.07) is 0. The van der Waals surface area contributed by atoms with E-state index < -0.39 is 0 Å². The SMILES string of the molecule is Cc1sc(CCl)c[n+]1Cc1cnc(Cl)s1. The molecule has 2 aromatic rings. The van der Waals surface area contributed by atoms with Crippen LogP contribution in [0.15, 0.2) is 12.4 Å². The predicted molar refractivity (Wildman–Crippen MR) is 65.0 cm³/mol. The lowest BCUT2D eigenvalue weighted by Gasteiger charge is -1.89. The molecule has 80 valence electrons. The van der Waals surface area contributed by atoms with Crippen LogP contribution in [0.1, 0.15) is 14.8 Å². The van der Waals surface area contributed by atoms with Gasteiger partial charge in [0.1, 0.15) is 0 Å². The zero-order chi connectivity index (χ0) is 10.8. The van der Waals surface area contributed by atoms with Gasteiger partial charge in [0.15, 0.2) is 17.2 Å². The summed E-state index contributed by atoms with van der Waals surface area (Å²) >= 11 is 14.8. The molecule has 2 nitrogen and oxygen atoms in total. The Morgan fingerprint density at radius 3 is 2.73 bits per heavy atom. The van der Waals surface area contributed by atoms with Crippen LogP contribution in [0, 0.1) is 6.92 Å². The van der Waals surface area contributed by atoms with Crippen LogP contribution in [-0.2, 0) is 12.4 Å². The van der Waals surface area contributed by atoms with Gasteiger partial charge in [0.05, 0.1) is 15.6 Å². The number of alkyl halides is 1. The van der Waals surface area contributed by atoms with E-state index in [2.05, 4.69) is 22.7 Å². The van der Waals surface area contributed by atoms with E-state index >= 15 is 0 Å². The minimum absolute atomic E-state index is 0.571. The van der Waals surface area contributed by atoms with Crippen LogP contribution in [0.2, 0.25) is 4.47 Å². The van der Waals surface area contributed by atoms with E-state index in [0.717, 1.165) is 11.4 Å². The number of aryl methyl sites for hydroxylation is 1. The van der Waals surface area contributed by atoms with Crippen molar-refractivity contribution in [1.82, 2.24) is 4.98 Å². The second-order valence-electron chi connectivity index (χ2n) is 3.06. The lowest BCUT2D eigenvalue weighted by atomic mass is 10.5. The minimum atomic E-state index is 0.571. The molecule has 0 saturated heterocycles. The highest BCUT2D eigenvalue weighted by Crippen LogP contribution is 2.19. The first-order chi connectivity index (χ1) is 7.19. The van der Waals surface area contributed by atoms with Gasteiger partial charge in [0, 0.05) is 13.1 Å². The van der Waals surface area contributed by atoms with Gasteiger partial charge in [0.25, 0.3) is 0 Å². The quantitative estimate of drug-likeness (QED) is 0.623. The summed E-state index contributed by atoms with van der Waals surface area (Å²) in [5.41, 5.74) is 0. The van der Waals surface area contributed by atoms with E-state index in [1.165, 1.54) is 21.2 Å². The monoisotopic (exact) mass is 279 g/mol. The summed E-state index contributed by atoms with van der Waals surface area (Å²) < 4.78 is 2.77. The Kier molecular flexibility index (Phi) is 3.61. The maximum Gasteiger partial charge on any atom is 0.234 e. The maximum atomic E-state index is 5.79. The molecule has 0 amide bonds. The summed E-state index contributed by atoms with van der Waals surface area (Å²) in [6.07, 6.45) is 3.90. The topological polar surface area (TPSA) is 16.8 Å². The van der Waals surface area contributed by atoms with Crippen molar-refractivity contribution in [3.8, 4) is 0 Å². The van der Waals surface area contributed by atoms with Gasteiger partial charge in [-0.05, 0) is 0 Å². The van der Waals surface area contributed by atoms with Crippen molar-refractivity contribution in [3.05, 3.63) is 31.6 Å². The fourth-order valence-corrected chi connectivity index (χ4v) is 3.34. The number of thiazole rings is 2. The van der Waals surface area contributed by atoms with Crippen LogP contribution in [-0.4, -0.2) is 4.98 Å². The van der Waals surface area contributed by atoms with Crippen LogP contribution in [0.3, 0.4) is 0 Å². The number of rotatable bonds is 3. The molecule has 0 aliphatic rings. The molecule has 15 heavy (non-hydrogen) atoms. The fraction of sp³-hybridized carbons (Fsp3) is 0.333. The molecule has 0 aliphatic heterocycles. The summed E-state index contributed by atoms with van der Waals surface area (Å²) in [4.78, 5) is 6.36. The molecule has 0 unspecified atom stereocenters. The molecule has 0 N–H and O–H groups in total.